The maximum Gasteiger partial charge on any atom is 0.278 e. The van der Waals surface area contributed by atoms with Crippen molar-refractivity contribution in [1.82, 2.24) is 19.9 Å². The fraction of sp³-hybridized carbons (Fsp3) is 0.190. The number of nitrogens with zero attached hydrogens (tertiary/aromatic N) is 4. The van der Waals surface area contributed by atoms with Gasteiger partial charge in [-0.2, -0.15) is 10.1 Å². The molecule has 0 N–H and O–H groups in total. The number of hydrogen-bond acceptors (Lipinski definition) is 4. The van der Waals surface area contributed by atoms with Gasteiger partial charge in [0.1, 0.15) is 0 Å². The van der Waals surface area contributed by atoms with Crippen molar-refractivity contribution in [1.29, 1.82) is 0 Å². The molecule has 0 spiro atoms. The zero-order chi connectivity index (χ0) is 18.8. The van der Waals surface area contributed by atoms with Crippen LogP contribution in [0.2, 0.25) is 0 Å². The Morgan fingerprint density at radius 1 is 1.04 bits per heavy atom. The van der Waals surface area contributed by atoms with E-state index in [9.17, 15) is 0 Å². The summed E-state index contributed by atoms with van der Waals surface area (Å²) in [7, 11) is 0. The third kappa shape index (κ3) is 3.85. The summed E-state index contributed by atoms with van der Waals surface area (Å²) in [5.41, 5.74) is 5.21. The highest BCUT2D eigenvalue weighted by Gasteiger charge is 2.16. The second-order valence-corrected chi connectivity index (χ2v) is 7.36. The Kier molecular flexibility index (Phi) is 4.90. The van der Waals surface area contributed by atoms with Gasteiger partial charge in [0.05, 0.1) is 6.54 Å². The molecular formula is C21H19BrN4O. The van der Waals surface area contributed by atoms with Gasteiger partial charge >= 0.3 is 0 Å². The van der Waals surface area contributed by atoms with Gasteiger partial charge in [-0.25, -0.2) is 0 Å². The van der Waals surface area contributed by atoms with Gasteiger partial charge in [0, 0.05) is 15.7 Å². The van der Waals surface area contributed by atoms with Crippen molar-refractivity contribution in [2.75, 3.05) is 0 Å². The van der Waals surface area contributed by atoms with Crippen LogP contribution in [0.15, 0.2) is 63.6 Å². The van der Waals surface area contributed by atoms with Crippen molar-refractivity contribution in [2.24, 2.45) is 0 Å². The van der Waals surface area contributed by atoms with Crippen LogP contribution in [-0.2, 0) is 13.0 Å². The first-order valence-electron chi connectivity index (χ1n) is 8.84. The predicted molar refractivity (Wildman–Crippen MR) is 108 cm³/mol. The molecule has 136 valence electrons. The second-order valence-electron chi connectivity index (χ2n) is 6.45. The van der Waals surface area contributed by atoms with Crippen LogP contribution < -0.4 is 0 Å². The minimum absolute atomic E-state index is 0.435. The van der Waals surface area contributed by atoms with E-state index >= 15 is 0 Å². The molecule has 0 radical (unpaired) electrons. The van der Waals surface area contributed by atoms with Crippen molar-refractivity contribution in [2.45, 2.75) is 26.8 Å². The Morgan fingerprint density at radius 2 is 1.78 bits per heavy atom. The van der Waals surface area contributed by atoms with E-state index in [0.29, 0.717) is 17.4 Å². The van der Waals surface area contributed by atoms with Crippen LogP contribution >= 0.6 is 15.9 Å². The first-order chi connectivity index (χ1) is 13.1. The molecule has 0 unspecified atom stereocenters. The van der Waals surface area contributed by atoms with Crippen LogP contribution in [0.25, 0.3) is 23.0 Å². The molecule has 0 bridgehead atoms. The quantitative estimate of drug-likeness (QED) is 0.438. The van der Waals surface area contributed by atoms with Gasteiger partial charge in [-0.15, -0.1) is 0 Å². The molecular weight excluding hydrogens is 404 g/mol. The Labute approximate surface area is 166 Å². The molecule has 0 aliphatic rings. The highest BCUT2D eigenvalue weighted by atomic mass is 79.9. The standard InChI is InChI=1S/C21H19BrN4O/c1-3-18-12-19(24-26(18)13-15-6-4-14(2)5-7-15)21-23-20(25-27-21)16-8-10-17(22)11-9-16/h4-12H,3,13H2,1-2H3. The number of aromatic nitrogens is 4. The van der Waals surface area contributed by atoms with E-state index < -0.39 is 0 Å². The molecule has 0 aliphatic heterocycles. The number of halogens is 1. The van der Waals surface area contributed by atoms with Gasteiger partial charge in [0.2, 0.25) is 5.82 Å². The minimum atomic E-state index is 0.435. The average Bonchev–Trinajstić information content (AvgIpc) is 3.31. The van der Waals surface area contributed by atoms with Crippen LogP contribution in [-0.4, -0.2) is 19.9 Å². The van der Waals surface area contributed by atoms with Crippen molar-refractivity contribution in [3.05, 3.63) is 75.9 Å². The van der Waals surface area contributed by atoms with E-state index in [1.807, 2.05) is 35.0 Å². The fourth-order valence-electron chi connectivity index (χ4n) is 2.89. The first kappa shape index (κ1) is 17.7. The van der Waals surface area contributed by atoms with Gasteiger partial charge < -0.3 is 4.52 Å². The van der Waals surface area contributed by atoms with Crippen LogP contribution in [0.4, 0.5) is 0 Å². The number of aryl methyl sites for hydroxylation is 2. The Morgan fingerprint density at radius 3 is 2.48 bits per heavy atom. The van der Waals surface area contributed by atoms with E-state index in [0.717, 1.165) is 28.7 Å². The molecule has 27 heavy (non-hydrogen) atoms. The maximum atomic E-state index is 5.47. The van der Waals surface area contributed by atoms with E-state index in [2.05, 4.69) is 64.2 Å². The van der Waals surface area contributed by atoms with E-state index in [-0.39, 0.29) is 0 Å². The van der Waals surface area contributed by atoms with Crippen LogP contribution in [0.1, 0.15) is 23.7 Å². The summed E-state index contributed by atoms with van der Waals surface area (Å²) in [5, 5.41) is 8.80. The van der Waals surface area contributed by atoms with Crippen molar-refractivity contribution in [3.63, 3.8) is 0 Å². The smallest absolute Gasteiger partial charge is 0.278 e. The lowest BCUT2D eigenvalue weighted by atomic mass is 10.1. The molecule has 6 heteroatoms. The lowest BCUT2D eigenvalue weighted by molar-refractivity contribution is 0.430. The average molecular weight is 423 g/mol. The largest absolute Gasteiger partial charge is 0.332 e. The second kappa shape index (κ2) is 7.48. The highest BCUT2D eigenvalue weighted by molar-refractivity contribution is 9.10. The first-order valence-corrected chi connectivity index (χ1v) is 9.64. The lowest BCUT2D eigenvalue weighted by Crippen LogP contribution is -2.05. The molecule has 2 heterocycles. The fourth-order valence-corrected chi connectivity index (χ4v) is 3.16. The molecule has 0 aliphatic carbocycles. The Bertz CT molecular complexity index is 1050. The molecule has 0 atom stereocenters. The summed E-state index contributed by atoms with van der Waals surface area (Å²) < 4.78 is 8.48. The zero-order valence-corrected chi connectivity index (χ0v) is 16.8. The zero-order valence-electron chi connectivity index (χ0n) is 15.2. The normalized spacial score (nSPS) is 11.1. The minimum Gasteiger partial charge on any atom is -0.332 e. The molecule has 4 rings (SSSR count). The van der Waals surface area contributed by atoms with E-state index in [1.165, 1.54) is 11.1 Å². The summed E-state index contributed by atoms with van der Waals surface area (Å²) >= 11 is 3.43. The number of rotatable bonds is 5. The monoisotopic (exact) mass is 422 g/mol. The van der Waals surface area contributed by atoms with Crippen molar-refractivity contribution in [3.8, 4) is 23.0 Å². The summed E-state index contributed by atoms with van der Waals surface area (Å²) in [6.45, 7) is 4.93. The molecule has 4 aromatic rings. The highest BCUT2D eigenvalue weighted by Crippen LogP contribution is 2.24. The van der Waals surface area contributed by atoms with Crippen LogP contribution in [0.3, 0.4) is 0 Å². The third-order valence-electron chi connectivity index (χ3n) is 4.43. The topological polar surface area (TPSA) is 56.7 Å². The molecule has 2 aromatic carbocycles. The number of hydrogen-bond donors (Lipinski definition) is 0. The molecule has 2 aromatic heterocycles. The van der Waals surface area contributed by atoms with E-state index in [4.69, 9.17) is 9.62 Å². The third-order valence-corrected chi connectivity index (χ3v) is 4.95. The Balaban J connectivity index is 1.62. The SMILES string of the molecule is CCc1cc(-c2nc(-c3ccc(Br)cc3)no2)nn1Cc1ccc(C)cc1. The van der Waals surface area contributed by atoms with Crippen molar-refractivity contribution >= 4 is 15.9 Å². The van der Waals surface area contributed by atoms with Gasteiger partial charge in [-0.3, -0.25) is 4.68 Å². The van der Waals surface area contributed by atoms with Crippen molar-refractivity contribution < 1.29 is 4.52 Å². The molecule has 0 amide bonds. The van der Waals surface area contributed by atoms with Crippen LogP contribution in [0, 0.1) is 6.92 Å². The molecule has 0 saturated carbocycles. The summed E-state index contributed by atoms with van der Waals surface area (Å²) in [6, 6.07) is 18.3. The predicted octanol–water partition coefficient (Wildman–Crippen LogP) is 5.28. The molecule has 5 nitrogen and oxygen atoms in total. The lowest BCUT2D eigenvalue weighted by Gasteiger charge is -2.06. The maximum absolute atomic E-state index is 5.47. The number of benzene rings is 2. The summed E-state index contributed by atoms with van der Waals surface area (Å²) in [4.78, 5) is 4.52. The molecule has 0 fully saturated rings. The van der Waals surface area contributed by atoms with Gasteiger partial charge in [0.25, 0.3) is 5.89 Å². The van der Waals surface area contributed by atoms with Gasteiger partial charge in [0.15, 0.2) is 5.69 Å². The Hall–Kier alpha value is -2.73. The van der Waals surface area contributed by atoms with E-state index in [1.54, 1.807) is 0 Å². The molecule has 0 saturated heterocycles. The van der Waals surface area contributed by atoms with Crippen LogP contribution in [0.5, 0.6) is 0 Å². The summed E-state index contributed by atoms with van der Waals surface area (Å²) in [5.74, 6) is 0.994. The summed E-state index contributed by atoms with van der Waals surface area (Å²) in [6.07, 6.45) is 0.882. The van der Waals surface area contributed by atoms with Gasteiger partial charge in [-0.1, -0.05) is 57.8 Å². The van der Waals surface area contributed by atoms with Gasteiger partial charge in [-0.05, 0) is 49.2 Å².